The predicted molar refractivity (Wildman–Crippen MR) is 107 cm³/mol. The Kier molecular flexibility index (Phi) is 5.05. The third-order valence-corrected chi connectivity index (χ3v) is 5.89. The van der Waals surface area contributed by atoms with Crippen molar-refractivity contribution in [2.45, 2.75) is 32.4 Å². The number of benzene rings is 1. The second-order valence-corrected chi connectivity index (χ2v) is 8.04. The highest BCUT2D eigenvalue weighted by molar-refractivity contribution is 7.15. The van der Waals surface area contributed by atoms with Gasteiger partial charge < -0.3 is 5.32 Å². The molecule has 3 heterocycles. The summed E-state index contributed by atoms with van der Waals surface area (Å²) in [7, 11) is 1.93. The molecule has 140 valence electrons. The van der Waals surface area contributed by atoms with Crippen LogP contribution in [-0.4, -0.2) is 32.1 Å². The molecule has 1 aromatic carbocycles. The predicted octanol–water partition coefficient (Wildman–Crippen LogP) is 3.84. The lowest BCUT2D eigenvalue weighted by molar-refractivity contribution is -0.114. The summed E-state index contributed by atoms with van der Waals surface area (Å²) in [4.78, 5) is 19.3. The van der Waals surface area contributed by atoms with E-state index in [2.05, 4.69) is 44.6 Å². The Labute approximate surface area is 162 Å². The number of hydrogen-bond acceptors (Lipinski definition) is 5. The van der Waals surface area contributed by atoms with Gasteiger partial charge in [0.05, 0.1) is 6.20 Å². The molecule has 0 radical (unpaired) electrons. The number of carbonyl (C=O) groups excluding carboxylic acids is 1. The van der Waals surface area contributed by atoms with Crippen LogP contribution in [0.5, 0.6) is 0 Å². The van der Waals surface area contributed by atoms with Crippen LogP contribution in [0.2, 0.25) is 0 Å². The normalized spacial score (nSPS) is 17.3. The van der Waals surface area contributed by atoms with Crippen LogP contribution in [-0.2, 0) is 18.4 Å². The van der Waals surface area contributed by atoms with Gasteiger partial charge in [0, 0.05) is 49.4 Å². The number of thiazole rings is 1. The van der Waals surface area contributed by atoms with Gasteiger partial charge in [-0.15, -0.1) is 11.3 Å². The van der Waals surface area contributed by atoms with E-state index in [9.17, 15) is 4.79 Å². The van der Waals surface area contributed by atoms with Gasteiger partial charge in [-0.1, -0.05) is 24.3 Å². The van der Waals surface area contributed by atoms with E-state index in [0.717, 1.165) is 25.1 Å². The number of anilines is 1. The zero-order chi connectivity index (χ0) is 18.8. The van der Waals surface area contributed by atoms with Gasteiger partial charge in [0.15, 0.2) is 5.13 Å². The van der Waals surface area contributed by atoms with Gasteiger partial charge in [0.1, 0.15) is 0 Å². The van der Waals surface area contributed by atoms with Gasteiger partial charge >= 0.3 is 0 Å². The van der Waals surface area contributed by atoms with Gasteiger partial charge in [0.25, 0.3) is 0 Å². The number of aromatic nitrogens is 3. The lowest BCUT2D eigenvalue weighted by Crippen LogP contribution is -2.22. The molecular formula is C20H23N5OS. The fourth-order valence-corrected chi connectivity index (χ4v) is 4.63. The van der Waals surface area contributed by atoms with Crippen molar-refractivity contribution in [2.24, 2.45) is 7.05 Å². The van der Waals surface area contributed by atoms with E-state index in [4.69, 9.17) is 0 Å². The van der Waals surface area contributed by atoms with Crippen molar-refractivity contribution < 1.29 is 4.79 Å². The molecule has 1 atom stereocenters. The zero-order valence-electron chi connectivity index (χ0n) is 15.6. The molecule has 7 heteroatoms. The van der Waals surface area contributed by atoms with Crippen LogP contribution in [0.4, 0.5) is 5.13 Å². The third kappa shape index (κ3) is 4.09. The molecule has 3 aromatic rings. The molecule has 0 bridgehead atoms. The summed E-state index contributed by atoms with van der Waals surface area (Å²) in [6.45, 7) is 3.52. The van der Waals surface area contributed by atoms with E-state index in [0.29, 0.717) is 11.2 Å². The third-order valence-electron chi connectivity index (χ3n) is 4.88. The van der Waals surface area contributed by atoms with Gasteiger partial charge in [-0.05, 0) is 30.5 Å². The van der Waals surface area contributed by atoms with E-state index in [1.807, 2.05) is 30.3 Å². The van der Waals surface area contributed by atoms with Gasteiger partial charge in [-0.3, -0.25) is 14.4 Å². The molecule has 6 nitrogen and oxygen atoms in total. The van der Waals surface area contributed by atoms with Crippen LogP contribution in [0.1, 0.15) is 36.2 Å². The maximum Gasteiger partial charge on any atom is 0.223 e. The summed E-state index contributed by atoms with van der Waals surface area (Å²) < 4.78 is 1.82. The van der Waals surface area contributed by atoms with Crippen molar-refractivity contribution in [1.29, 1.82) is 0 Å². The van der Waals surface area contributed by atoms with Crippen molar-refractivity contribution in [3.05, 3.63) is 53.3 Å². The Morgan fingerprint density at radius 1 is 1.26 bits per heavy atom. The Balaban J connectivity index is 1.45. The fourth-order valence-electron chi connectivity index (χ4n) is 3.59. The number of likely N-dealkylation sites (tertiary alicyclic amines) is 1. The van der Waals surface area contributed by atoms with Crippen molar-refractivity contribution in [2.75, 3.05) is 11.9 Å². The van der Waals surface area contributed by atoms with Crippen molar-refractivity contribution in [3.8, 4) is 11.1 Å². The highest BCUT2D eigenvalue weighted by atomic mass is 32.1. The molecule has 1 fully saturated rings. The first-order chi connectivity index (χ1) is 13.1. The SMILES string of the molecule is CC(=O)Nc1ncc([C@@H]2CCCN2Cc2ccc(-c3cnn(C)c3)cc2)s1. The summed E-state index contributed by atoms with van der Waals surface area (Å²) >= 11 is 1.58. The second kappa shape index (κ2) is 7.62. The lowest BCUT2D eigenvalue weighted by atomic mass is 10.1. The number of rotatable bonds is 5. The van der Waals surface area contributed by atoms with Crippen molar-refractivity contribution in [1.82, 2.24) is 19.7 Å². The summed E-state index contributed by atoms with van der Waals surface area (Å²) in [5, 5.41) is 7.70. The molecule has 27 heavy (non-hydrogen) atoms. The Morgan fingerprint density at radius 3 is 2.78 bits per heavy atom. The van der Waals surface area contributed by atoms with E-state index < -0.39 is 0 Å². The molecule has 1 N–H and O–H groups in total. The average molecular weight is 382 g/mol. The van der Waals surface area contributed by atoms with Crippen LogP contribution in [0.15, 0.2) is 42.9 Å². The highest BCUT2D eigenvalue weighted by Gasteiger charge is 2.27. The minimum Gasteiger partial charge on any atom is -0.302 e. The smallest absolute Gasteiger partial charge is 0.223 e. The molecule has 4 rings (SSSR count). The molecular weight excluding hydrogens is 358 g/mol. The van der Waals surface area contributed by atoms with Gasteiger partial charge in [-0.2, -0.15) is 5.10 Å². The molecule has 1 amide bonds. The molecule has 0 saturated carbocycles. The van der Waals surface area contributed by atoms with Crippen molar-refractivity contribution in [3.63, 3.8) is 0 Å². The molecule has 1 aliphatic rings. The summed E-state index contributed by atoms with van der Waals surface area (Å²) in [5.41, 5.74) is 3.63. The van der Waals surface area contributed by atoms with E-state index >= 15 is 0 Å². The second-order valence-electron chi connectivity index (χ2n) is 6.98. The topological polar surface area (TPSA) is 63.1 Å². The first-order valence-corrected chi connectivity index (χ1v) is 9.95. The lowest BCUT2D eigenvalue weighted by Gasteiger charge is -2.23. The van der Waals surface area contributed by atoms with E-state index in [-0.39, 0.29) is 5.91 Å². The summed E-state index contributed by atoms with van der Waals surface area (Å²) in [5.74, 6) is -0.0760. The quantitative estimate of drug-likeness (QED) is 0.729. The molecule has 0 spiro atoms. The summed E-state index contributed by atoms with van der Waals surface area (Å²) in [6.07, 6.45) is 8.15. The number of amides is 1. The fraction of sp³-hybridized carbons (Fsp3) is 0.350. The molecule has 1 saturated heterocycles. The number of hydrogen-bond donors (Lipinski definition) is 1. The van der Waals surface area contributed by atoms with Crippen LogP contribution < -0.4 is 5.32 Å². The number of aryl methyl sites for hydroxylation is 1. The Morgan fingerprint density at radius 2 is 2.07 bits per heavy atom. The number of carbonyl (C=O) groups is 1. The average Bonchev–Trinajstić information content (AvgIpc) is 3.36. The molecule has 2 aromatic heterocycles. The molecule has 1 aliphatic heterocycles. The van der Waals surface area contributed by atoms with Gasteiger partial charge in [-0.25, -0.2) is 4.98 Å². The standard InChI is InChI=1S/C20H23N5OS/c1-14(26)23-20-21-11-19(27-20)18-4-3-9-25(18)12-15-5-7-16(8-6-15)17-10-22-24(2)13-17/h5-8,10-11,13,18H,3-4,9,12H2,1-2H3,(H,21,23,26)/t18-/m0/s1. The molecule has 0 unspecified atom stereocenters. The minimum atomic E-state index is -0.0760. The maximum atomic E-state index is 11.2. The summed E-state index contributed by atoms with van der Waals surface area (Å²) in [6, 6.07) is 9.11. The Bertz CT molecular complexity index is 930. The largest absolute Gasteiger partial charge is 0.302 e. The zero-order valence-corrected chi connectivity index (χ0v) is 16.4. The van der Waals surface area contributed by atoms with Crippen LogP contribution in [0.25, 0.3) is 11.1 Å². The van der Waals surface area contributed by atoms with E-state index in [1.165, 1.54) is 29.3 Å². The van der Waals surface area contributed by atoms with Gasteiger partial charge in [0.2, 0.25) is 5.91 Å². The monoisotopic (exact) mass is 381 g/mol. The number of nitrogens with one attached hydrogen (secondary N) is 1. The Hall–Kier alpha value is -2.51. The molecule has 0 aliphatic carbocycles. The van der Waals surface area contributed by atoms with E-state index in [1.54, 1.807) is 11.3 Å². The first-order valence-electron chi connectivity index (χ1n) is 9.14. The van der Waals surface area contributed by atoms with Crippen LogP contribution in [0, 0.1) is 0 Å². The van der Waals surface area contributed by atoms with Crippen LogP contribution >= 0.6 is 11.3 Å². The maximum absolute atomic E-state index is 11.2. The minimum absolute atomic E-state index is 0.0760. The highest BCUT2D eigenvalue weighted by Crippen LogP contribution is 2.37. The first kappa shape index (κ1) is 17.9. The number of nitrogens with zero attached hydrogens (tertiary/aromatic N) is 4. The van der Waals surface area contributed by atoms with Crippen molar-refractivity contribution >= 4 is 22.4 Å². The van der Waals surface area contributed by atoms with Crippen LogP contribution in [0.3, 0.4) is 0 Å².